The van der Waals surface area contributed by atoms with Crippen molar-refractivity contribution in [1.29, 1.82) is 0 Å². The number of benzene rings is 4. The summed E-state index contributed by atoms with van der Waals surface area (Å²) in [7, 11) is 0. The first-order chi connectivity index (χ1) is 20.5. The van der Waals surface area contributed by atoms with E-state index in [9.17, 15) is 20.1 Å². The Morgan fingerprint density at radius 2 is 1.48 bits per heavy atom. The minimum Gasteiger partial charge on any atom is -0.508 e. The molecule has 0 amide bonds. The fourth-order valence-corrected chi connectivity index (χ4v) is 5.80. The standard InChI is InChI=1S/C32H27N5O4S/c38-19-22-8-2-6-12-28(22)42-27-11-5-1-7-21(27)18-33-31-34-25-10-4-3-9-24(25)29(35-31)37-26(30(40)36-32(37)41)17-20-13-15-23(39)16-14-20/h1-16,38-40H,17-19H2,(H,36,41)(H,33,34,35). The number of anilines is 1. The van der Waals surface area contributed by atoms with Crippen molar-refractivity contribution in [1.82, 2.24) is 19.5 Å². The van der Waals surface area contributed by atoms with Crippen LogP contribution in [-0.4, -0.2) is 34.8 Å². The van der Waals surface area contributed by atoms with Gasteiger partial charge in [0.1, 0.15) is 5.75 Å². The fourth-order valence-electron chi connectivity index (χ4n) is 4.74. The molecule has 6 rings (SSSR count). The lowest BCUT2D eigenvalue weighted by Gasteiger charge is -2.14. The molecule has 42 heavy (non-hydrogen) atoms. The van der Waals surface area contributed by atoms with E-state index in [4.69, 9.17) is 9.97 Å². The third-order valence-electron chi connectivity index (χ3n) is 6.85. The number of para-hydroxylation sites is 1. The molecule has 6 aromatic rings. The van der Waals surface area contributed by atoms with E-state index in [2.05, 4.69) is 10.3 Å². The van der Waals surface area contributed by atoms with Gasteiger partial charge in [-0.3, -0.25) is 4.98 Å². The highest BCUT2D eigenvalue weighted by Crippen LogP contribution is 2.33. The average molecular weight is 578 g/mol. The molecule has 0 spiro atoms. The number of nitrogens with zero attached hydrogens (tertiary/aromatic N) is 3. The van der Waals surface area contributed by atoms with Gasteiger partial charge in [0.05, 0.1) is 17.8 Å². The van der Waals surface area contributed by atoms with Gasteiger partial charge in [0.15, 0.2) is 5.82 Å². The van der Waals surface area contributed by atoms with Gasteiger partial charge in [-0.15, -0.1) is 0 Å². The normalized spacial score (nSPS) is 11.2. The smallest absolute Gasteiger partial charge is 0.334 e. The molecule has 0 radical (unpaired) electrons. The predicted molar refractivity (Wildman–Crippen MR) is 162 cm³/mol. The quantitative estimate of drug-likeness (QED) is 0.155. The van der Waals surface area contributed by atoms with Gasteiger partial charge in [0, 0.05) is 28.1 Å². The lowest BCUT2D eigenvalue weighted by molar-refractivity contribution is 0.279. The van der Waals surface area contributed by atoms with Crippen LogP contribution in [0.5, 0.6) is 11.6 Å². The summed E-state index contributed by atoms with van der Waals surface area (Å²) in [6, 6.07) is 29.7. The Morgan fingerprint density at radius 1 is 0.810 bits per heavy atom. The lowest BCUT2D eigenvalue weighted by Crippen LogP contribution is -2.20. The van der Waals surface area contributed by atoms with E-state index < -0.39 is 5.69 Å². The molecule has 0 saturated heterocycles. The maximum absolute atomic E-state index is 13.1. The van der Waals surface area contributed by atoms with Crippen molar-refractivity contribution >= 4 is 28.6 Å². The highest BCUT2D eigenvalue weighted by atomic mass is 32.2. The van der Waals surface area contributed by atoms with Crippen LogP contribution in [0, 0.1) is 0 Å². The number of phenols is 1. The van der Waals surface area contributed by atoms with Crippen LogP contribution in [0.4, 0.5) is 5.95 Å². The summed E-state index contributed by atoms with van der Waals surface area (Å²) in [5.74, 6) is 0.532. The molecule has 2 heterocycles. The molecule has 0 saturated carbocycles. The van der Waals surface area contributed by atoms with E-state index in [-0.39, 0.29) is 24.7 Å². The van der Waals surface area contributed by atoms with E-state index >= 15 is 0 Å². The number of aliphatic hydroxyl groups is 1. The molecule has 0 fully saturated rings. The Labute approximate surface area is 245 Å². The SMILES string of the molecule is O=c1[nH]c(O)c(Cc2ccc(O)cc2)n1-c1nc(NCc2ccccc2Sc2ccccc2CO)nc2ccccc12. The molecule has 0 aliphatic rings. The second kappa shape index (κ2) is 11.8. The van der Waals surface area contributed by atoms with Gasteiger partial charge in [0.2, 0.25) is 11.8 Å². The largest absolute Gasteiger partial charge is 0.508 e. The average Bonchev–Trinajstić information content (AvgIpc) is 3.29. The van der Waals surface area contributed by atoms with E-state index in [1.165, 1.54) is 4.57 Å². The maximum atomic E-state index is 13.1. The summed E-state index contributed by atoms with van der Waals surface area (Å²) in [5, 5.41) is 34.1. The predicted octanol–water partition coefficient (Wildman–Crippen LogP) is 5.37. The molecular weight excluding hydrogens is 550 g/mol. The Kier molecular flexibility index (Phi) is 7.63. The van der Waals surface area contributed by atoms with E-state index in [1.54, 1.807) is 36.0 Å². The number of imidazole rings is 1. The number of aromatic hydroxyl groups is 2. The van der Waals surface area contributed by atoms with E-state index in [1.807, 2.05) is 72.8 Å². The first-order valence-corrected chi connectivity index (χ1v) is 14.1. The number of hydrogen-bond donors (Lipinski definition) is 5. The molecule has 0 bridgehead atoms. The summed E-state index contributed by atoms with van der Waals surface area (Å²) >= 11 is 1.58. The lowest BCUT2D eigenvalue weighted by atomic mass is 10.1. The monoisotopic (exact) mass is 577 g/mol. The molecule has 0 unspecified atom stereocenters. The molecule has 10 heteroatoms. The molecule has 0 aliphatic carbocycles. The second-order valence-electron chi connectivity index (χ2n) is 9.62. The van der Waals surface area contributed by atoms with Gasteiger partial charge in [-0.05, 0) is 53.1 Å². The summed E-state index contributed by atoms with van der Waals surface area (Å²) < 4.78 is 1.37. The molecule has 0 aliphatic heterocycles. The Balaban J connectivity index is 1.35. The number of aliphatic hydroxyl groups excluding tert-OH is 1. The van der Waals surface area contributed by atoms with Crippen molar-refractivity contribution in [2.24, 2.45) is 0 Å². The summed E-state index contributed by atoms with van der Waals surface area (Å²) in [6.07, 6.45) is 0.228. The van der Waals surface area contributed by atoms with Crippen LogP contribution in [0.25, 0.3) is 16.7 Å². The molecule has 0 atom stereocenters. The number of phenolic OH excluding ortho intramolecular Hbond substituents is 1. The van der Waals surface area contributed by atoms with Gasteiger partial charge >= 0.3 is 5.69 Å². The van der Waals surface area contributed by atoms with Gasteiger partial charge in [-0.1, -0.05) is 72.4 Å². The van der Waals surface area contributed by atoms with Crippen LogP contribution in [0.1, 0.15) is 22.4 Å². The molecule has 210 valence electrons. The Hall–Kier alpha value is -5.06. The molecular formula is C32H27N5O4S. The van der Waals surface area contributed by atoms with Crippen LogP contribution < -0.4 is 11.0 Å². The minimum absolute atomic E-state index is 0.0416. The Morgan fingerprint density at radius 3 is 2.24 bits per heavy atom. The van der Waals surface area contributed by atoms with Gasteiger partial charge in [-0.25, -0.2) is 14.3 Å². The van der Waals surface area contributed by atoms with Crippen molar-refractivity contribution in [2.75, 3.05) is 5.32 Å². The van der Waals surface area contributed by atoms with E-state index in [0.29, 0.717) is 34.9 Å². The highest BCUT2D eigenvalue weighted by Gasteiger charge is 2.20. The van der Waals surface area contributed by atoms with Gasteiger partial charge in [-0.2, -0.15) is 4.98 Å². The number of aromatic nitrogens is 4. The van der Waals surface area contributed by atoms with Crippen molar-refractivity contribution in [3.8, 4) is 17.4 Å². The molecule has 4 aromatic carbocycles. The van der Waals surface area contributed by atoms with Crippen LogP contribution in [-0.2, 0) is 19.6 Å². The summed E-state index contributed by atoms with van der Waals surface area (Å²) in [4.78, 5) is 27.1. The number of hydrogen-bond acceptors (Lipinski definition) is 8. The van der Waals surface area contributed by atoms with Crippen molar-refractivity contribution in [2.45, 2.75) is 29.4 Å². The number of aromatic amines is 1. The van der Waals surface area contributed by atoms with Crippen LogP contribution >= 0.6 is 11.8 Å². The summed E-state index contributed by atoms with van der Waals surface area (Å²) in [5.41, 5.74) is 3.11. The minimum atomic E-state index is -0.527. The summed E-state index contributed by atoms with van der Waals surface area (Å²) in [6.45, 7) is 0.371. The third-order valence-corrected chi connectivity index (χ3v) is 8.08. The molecule has 9 nitrogen and oxygen atoms in total. The van der Waals surface area contributed by atoms with Gasteiger partial charge in [0.25, 0.3) is 0 Å². The second-order valence-corrected chi connectivity index (χ2v) is 10.7. The van der Waals surface area contributed by atoms with Crippen LogP contribution in [0.15, 0.2) is 112 Å². The van der Waals surface area contributed by atoms with Crippen LogP contribution in [0.2, 0.25) is 0 Å². The maximum Gasteiger partial charge on any atom is 0.334 e. The first kappa shape index (κ1) is 27.1. The molecule has 2 aromatic heterocycles. The number of rotatable bonds is 9. The first-order valence-electron chi connectivity index (χ1n) is 13.3. The fraction of sp³-hybridized carbons (Fsp3) is 0.0938. The third kappa shape index (κ3) is 5.58. The van der Waals surface area contributed by atoms with Crippen molar-refractivity contribution < 1.29 is 15.3 Å². The number of fused-ring (bicyclic) bond motifs is 1. The zero-order chi connectivity index (χ0) is 29.1. The topological polar surface area (TPSA) is 136 Å². The van der Waals surface area contributed by atoms with E-state index in [0.717, 1.165) is 26.5 Å². The number of nitrogens with one attached hydrogen (secondary N) is 2. The number of H-pyrrole nitrogens is 1. The zero-order valence-electron chi connectivity index (χ0n) is 22.4. The van der Waals surface area contributed by atoms with Gasteiger partial charge < -0.3 is 20.6 Å². The molecule has 5 N–H and O–H groups in total. The van der Waals surface area contributed by atoms with Crippen molar-refractivity contribution in [3.05, 3.63) is 130 Å². The Bertz CT molecular complexity index is 1930. The van der Waals surface area contributed by atoms with Crippen molar-refractivity contribution in [3.63, 3.8) is 0 Å². The highest BCUT2D eigenvalue weighted by molar-refractivity contribution is 7.99. The zero-order valence-corrected chi connectivity index (χ0v) is 23.2. The van der Waals surface area contributed by atoms with Crippen LogP contribution in [0.3, 0.4) is 0 Å².